The van der Waals surface area contributed by atoms with Gasteiger partial charge < -0.3 is 15.4 Å². The van der Waals surface area contributed by atoms with Gasteiger partial charge in [0.05, 0.1) is 27.0 Å². The molecule has 0 amide bonds. The summed E-state index contributed by atoms with van der Waals surface area (Å²) in [5.41, 5.74) is 9.75. The number of allylic oxidation sites excluding steroid dienone is 3. The van der Waals surface area contributed by atoms with Gasteiger partial charge in [0.1, 0.15) is 18.2 Å². The van der Waals surface area contributed by atoms with Crippen LogP contribution in [-0.2, 0) is 11.4 Å². The second-order valence-electron chi connectivity index (χ2n) is 7.94. The molecule has 0 saturated carbocycles. The van der Waals surface area contributed by atoms with Gasteiger partial charge in [-0.15, -0.1) is 0 Å². The quantitative estimate of drug-likeness (QED) is 0.459. The molecular formula is C24H21BrN4O4. The Kier molecular flexibility index (Phi) is 6.20. The van der Waals surface area contributed by atoms with Gasteiger partial charge in [-0.1, -0.05) is 6.07 Å². The van der Waals surface area contributed by atoms with Gasteiger partial charge in [0.25, 0.3) is 5.69 Å². The number of hydrogen-bond acceptors (Lipinski definition) is 7. The fourth-order valence-corrected chi connectivity index (χ4v) is 4.80. The predicted octanol–water partition coefficient (Wildman–Crippen LogP) is 4.67. The topological polar surface area (TPSA) is 122 Å². The Hall–Kier alpha value is -3.64. The van der Waals surface area contributed by atoms with E-state index >= 15 is 0 Å². The fraction of sp³-hybridized carbons (Fsp3) is 0.250. The number of carbonyl (C=O) groups is 1. The maximum absolute atomic E-state index is 12.9. The Balaban J connectivity index is 1.62. The molecule has 0 aromatic heterocycles. The molecular weight excluding hydrogens is 488 g/mol. The van der Waals surface area contributed by atoms with Crippen LogP contribution in [0.5, 0.6) is 5.75 Å². The number of carbonyl (C=O) groups excluding carboxylic acids is 1. The Labute approximate surface area is 199 Å². The third kappa shape index (κ3) is 4.22. The Morgan fingerprint density at radius 3 is 2.64 bits per heavy atom. The van der Waals surface area contributed by atoms with Crippen molar-refractivity contribution in [1.29, 1.82) is 5.26 Å². The zero-order valence-electron chi connectivity index (χ0n) is 17.9. The third-order valence-corrected chi connectivity index (χ3v) is 6.62. The van der Waals surface area contributed by atoms with Gasteiger partial charge in [-0.2, -0.15) is 5.26 Å². The van der Waals surface area contributed by atoms with Crippen LogP contribution >= 0.6 is 15.9 Å². The van der Waals surface area contributed by atoms with Crippen LogP contribution in [0.15, 0.2) is 69.6 Å². The maximum Gasteiger partial charge on any atom is 0.269 e. The van der Waals surface area contributed by atoms with Crippen LogP contribution in [0.1, 0.15) is 36.3 Å². The molecule has 1 aliphatic carbocycles. The van der Waals surface area contributed by atoms with Crippen molar-refractivity contribution in [3.8, 4) is 11.8 Å². The van der Waals surface area contributed by atoms with Crippen LogP contribution in [0, 0.1) is 21.4 Å². The number of ketones is 1. The van der Waals surface area contributed by atoms with E-state index in [-0.39, 0.29) is 18.1 Å². The monoisotopic (exact) mass is 508 g/mol. The molecule has 0 bridgehead atoms. The van der Waals surface area contributed by atoms with Crippen molar-refractivity contribution in [2.24, 2.45) is 5.73 Å². The minimum absolute atomic E-state index is 0.0222. The van der Waals surface area contributed by atoms with Crippen LogP contribution in [0.4, 0.5) is 5.69 Å². The van der Waals surface area contributed by atoms with E-state index in [4.69, 9.17) is 10.5 Å². The minimum atomic E-state index is -0.519. The highest BCUT2D eigenvalue weighted by atomic mass is 79.9. The first-order valence-corrected chi connectivity index (χ1v) is 11.2. The van der Waals surface area contributed by atoms with E-state index in [1.807, 2.05) is 12.1 Å². The van der Waals surface area contributed by atoms with Crippen molar-refractivity contribution in [2.75, 3.05) is 7.05 Å². The van der Waals surface area contributed by atoms with Crippen LogP contribution in [-0.4, -0.2) is 22.7 Å². The van der Waals surface area contributed by atoms with Crippen molar-refractivity contribution in [2.45, 2.75) is 31.8 Å². The summed E-state index contributed by atoms with van der Waals surface area (Å²) in [4.78, 5) is 25.0. The molecule has 2 aromatic rings. The lowest BCUT2D eigenvalue weighted by Gasteiger charge is -2.37. The van der Waals surface area contributed by atoms with Crippen LogP contribution in [0.25, 0.3) is 0 Å². The molecule has 0 spiro atoms. The second kappa shape index (κ2) is 9.08. The van der Waals surface area contributed by atoms with Gasteiger partial charge in [0, 0.05) is 36.9 Å². The van der Waals surface area contributed by atoms with E-state index < -0.39 is 10.8 Å². The standard InChI is InChI=1S/C24H21BrN4O4/c1-28-19-3-2-4-20(30)23(19)22(17(12-26)24(28)27)15-7-10-21(18(25)11-15)33-13-14-5-8-16(9-6-14)29(31)32/h5-11,22H,2-4,13,27H2,1H3/t22-/m1/s1. The number of benzene rings is 2. The molecule has 168 valence electrons. The van der Waals surface area contributed by atoms with Crippen molar-refractivity contribution < 1.29 is 14.5 Å². The molecule has 9 heteroatoms. The molecule has 0 saturated heterocycles. The van der Waals surface area contributed by atoms with E-state index in [9.17, 15) is 20.2 Å². The summed E-state index contributed by atoms with van der Waals surface area (Å²) >= 11 is 3.53. The number of nitro benzene ring substituents is 1. The number of halogens is 1. The zero-order valence-corrected chi connectivity index (χ0v) is 19.5. The van der Waals surface area contributed by atoms with Gasteiger partial charge in [-0.3, -0.25) is 14.9 Å². The highest BCUT2D eigenvalue weighted by Crippen LogP contribution is 2.45. The number of nitriles is 1. The Morgan fingerprint density at radius 1 is 1.27 bits per heavy atom. The highest BCUT2D eigenvalue weighted by Gasteiger charge is 2.38. The first-order valence-electron chi connectivity index (χ1n) is 10.4. The van der Waals surface area contributed by atoms with Gasteiger partial charge in [0.15, 0.2) is 5.78 Å². The molecule has 0 fully saturated rings. The first kappa shape index (κ1) is 22.6. The first-order chi connectivity index (χ1) is 15.8. The number of nitrogens with zero attached hydrogens (tertiary/aromatic N) is 3. The molecule has 2 N–H and O–H groups in total. The average Bonchev–Trinajstić information content (AvgIpc) is 2.81. The smallest absolute Gasteiger partial charge is 0.269 e. The van der Waals surface area contributed by atoms with Crippen molar-refractivity contribution in [3.63, 3.8) is 0 Å². The molecule has 2 aliphatic rings. The van der Waals surface area contributed by atoms with Crippen molar-refractivity contribution >= 4 is 27.4 Å². The number of rotatable bonds is 5. The molecule has 1 heterocycles. The fourth-order valence-electron chi connectivity index (χ4n) is 4.28. The van der Waals surface area contributed by atoms with Gasteiger partial charge in [-0.25, -0.2) is 0 Å². The lowest BCUT2D eigenvalue weighted by molar-refractivity contribution is -0.384. The zero-order chi connectivity index (χ0) is 23.7. The lowest BCUT2D eigenvalue weighted by Crippen LogP contribution is -2.36. The van der Waals surface area contributed by atoms with E-state index in [1.165, 1.54) is 12.1 Å². The third-order valence-electron chi connectivity index (χ3n) is 6.00. The minimum Gasteiger partial charge on any atom is -0.488 e. The van der Waals surface area contributed by atoms with Crippen LogP contribution < -0.4 is 10.5 Å². The van der Waals surface area contributed by atoms with Crippen LogP contribution in [0.2, 0.25) is 0 Å². The SMILES string of the molecule is CN1C(N)=C(C#N)[C@@H](c2ccc(OCc3ccc([N+](=O)[O-])cc3)c(Br)c2)C2=C1CCCC2=O. The summed E-state index contributed by atoms with van der Waals surface area (Å²) in [5, 5.41) is 20.6. The summed E-state index contributed by atoms with van der Waals surface area (Å²) in [5.74, 6) is 0.465. The highest BCUT2D eigenvalue weighted by molar-refractivity contribution is 9.10. The Bertz CT molecular complexity index is 1240. The van der Waals surface area contributed by atoms with Crippen molar-refractivity contribution in [3.05, 3.63) is 90.8 Å². The number of Topliss-reactive ketones (excluding diaryl/α,β-unsaturated/α-hetero) is 1. The average molecular weight is 509 g/mol. The lowest BCUT2D eigenvalue weighted by atomic mass is 9.76. The maximum atomic E-state index is 12.9. The molecule has 33 heavy (non-hydrogen) atoms. The number of ether oxygens (including phenoxy) is 1. The Morgan fingerprint density at radius 2 is 2.00 bits per heavy atom. The number of non-ortho nitro benzene ring substituents is 1. The largest absolute Gasteiger partial charge is 0.488 e. The van der Waals surface area contributed by atoms with Crippen molar-refractivity contribution in [1.82, 2.24) is 4.90 Å². The molecule has 8 nitrogen and oxygen atoms in total. The van der Waals surface area contributed by atoms with Gasteiger partial charge in [0.2, 0.25) is 0 Å². The molecule has 2 aromatic carbocycles. The summed E-state index contributed by atoms with van der Waals surface area (Å²) in [6, 6.07) is 13.8. The number of nitrogens with two attached hydrogens (primary N) is 1. The molecule has 1 atom stereocenters. The molecule has 0 unspecified atom stereocenters. The van der Waals surface area contributed by atoms with E-state index in [1.54, 1.807) is 30.1 Å². The molecule has 1 aliphatic heterocycles. The summed E-state index contributed by atoms with van der Waals surface area (Å²) in [7, 11) is 1.79. The van der Waals surface area contributed by atoms with Crippen LogP contribution in [0.3, 0.4) is 0 Å². The normalized spacial score (nSPS) is 18.2. The second-order valence-corrected chi connectivity index (χ2v) is 8.80. The van der Waals surface area contributed by atoms with Gasteiger partial charge in [-0.05, 0) is 64.2 Å². The summed E-state index contributed by atoms with van der Waals surface area (Å²) < 4.78 is 6.55. The van der Waals surface area contributed by atoms with E-state index in [0.717, 1.165) is 29.7 Å². The molecule has 0 radical (unpaired) electrons. The number of nitro groups is 1. The van der Waals surface area contributed by atoms with E-state index in [0.29, 0.717) is 33.6 Å². The molecule has 4 rings (SSSR count). The number of hydrogen-bond donors (Lipinski definition) is 1. The van der Waals surface area contributed by atoms with Gasteiger partial charge >= 0.3 is 0 Å². The predicted molar refractivity (Wildman–Crippen MR) is 125 cm³/mol. The summed E-state index contributed by atoms with van der Waals surface area (Å²) in [6.07, 6.45) is 1.97. The summed E-state index contributed by atoms with van der Waals surface area (Å²) in [6.45, 7) is 0.230. The van der Waals surface area contributed by atoms with E-state index in [2.05, 4.69) is 22.0 Å².